The zero-order chi connectivity index (χ0) is 12.8. The SMILES string of the molecule is O=C(NCCCC1CCCC1)c1cnccc1Cl. The summed E-state index contributed by atoms with van der Waals surface area (Å²) in [6.07, 6.45) is 10.8. The molecule has 4 heteroatoms. The van der Waals surface area contributed by atoms with Crippen molar-refractivity contribution >= 4 is 17.5 Å². The first kappa shape index (κ1) is 13.3. The van der Waals surface area contributed by atoms with Crippen molar-refractivity contribution in [2.45, 2.75) is 38.5 Å². The quantitative estimate of drug-likeness (QED) is 0.830. The first-order chi connectivity index (χ1) is 8.77. The Balaban J connectivity index is 1.70. The number of nitrogens with zero attached hydrogens (tertiary/aromatic N) is 1. The topological polar surface area (TPSA) is 42.0 Å². The van der Waals surface area contributed by atoms with E-state index >= 15 is 0 Å². The molecular formula is C14H19ClN2O. The standard InChI is InChI=1S/C14H19ClN2O/c15-13-7-9-16-10-12(13)14(18)17-8-3-6-11-4-1-2-5-11/h7,9-11H,1-6,8H2,(H,17,18). The smallest absolute Gasteiger partial charge is 0.254 e. The second-order valence-corrected chi connectivity index (χ2v) is 5.31. The van der Waals surface area contributed by atoms with Gasteiger partial charge in [-0.15, -0.1) is 0 Å². The van der Waals surface area contributed by atoms with Crippen molar-refractivity contribution in [3.8, 4) is 0 Å². The Hall–Kier alpha value is -1.09. The van der Waals surface area contributed by atoms with Crippen molar-refractivity contribution in [3.63, 3.8) is 0 Å². The number of carbonyl (C=O) groups excluding carboxylic acids is 1. The summed E-state index contributed by atoms with van der Waals surface area (Å²) in [6, 6.07) is 1.63. The van der Waals surface area contributed by atoms with E-state index in [1.165, 1.54) is 38.3 Å². The zero-order valence-corrected chi connectivity index (χ0v) is 11.2. The lowest BCUT2D eigenvalue weighted by molar-refractivity contribution is 0.0952. The minimum Gasteiger partial charge on any atom is -0.352 e. The molecule has 0 bridgehead atoms. The minimum atomic E-state index is -0.125. The molecule has 18 heavy (non-hydrogen) atoms. The molecule has 2 rings (SSSR count). The summed E-state index contributed by atoms with van der Waals surface area (Å²) < 4.78 is 0. The van der Waals surface area contributed by atoms with Gasteiger partial charge >= 0.3 is 0 Å². The molecule has 0 unspecified atom stereocenters. The Labute approximate surface area is 113 Å². The summed E-state index contributed by atoms with van der Waals surface area (Å²) in [5.74, 6) is 0.753. The van der Waals surface area contributed by atoms with Crippen molar-refractivity contribution in [2.24, 2.45) is 5.92 Å². The average Bonchev–Trinajstić information content (AvgIpc) is 2.88. The Morgan fingerprint density at radius 1 is 1.44 bits per heavy atom. The number of aromatic nitrogens is 1. The summed E-state index contributed by atoms with van der Waals surface area (Å²) in [7, 11) is 0. The lowest BCUT2D eigenvalue weighted by atomic mass is 10.0. The number of rotatable bonds is 5. The van der Waals surface area contributed by atoms with Gasteiger partial charge in [0.05, 0.1) is 10.6 Å². The van der Waals surface area contributed by atoms with Crippen molar-refractivity contribution in [1.29, 1.82) is 0 Å². The second kappa shape index (κ2) is 6.74. The largest absolute Gasteiger partial charge is 0.352 e. The van der Waals surface area contributed by atoms with Crippen LogP contribution in [0.15, 0.2) is 18.5 Å². The van der Waals surface area contributed by atoms with Crippen LogP contribution < -0.4 is 5.32 Å². The Bertz CT molecular complexity index is 403. The summed E-state index contributed by atoms with van der Waals surface area (Å²) >= 11 is 5.93. The van der Waals surface area contributed by atoms with Crippen molar-refractivity contribution in [2.75, 3.05) is 6.54 Å². The average molecular weight is 267 g/mol. The van der Waals surface area contributed by atoms with Crippen LogP contribution in [0.25, 0.3) is 0 Å². The maximum Gasteiger partial charge on any atom is 0.254 e. The molecule has 0 saturated heterocycles. The molecule has 1 N–H and O–H groups in total. The number of amides is 1. The Morgan fingerprint density at radius 3 is 2.94 bits per heavy atom. The Morgan fingerprint density at radius 2 is 2.22 bits per heavy atom. The van der Waals surface area contributed by atoms with Crippen molar-refractivity contribution < 1.29 is 4.79 Å². The molecule has 1 saturated carbocycles. The van der Waals surface area contributed by atoms with Gasteiger partial charge in [-0.05, 0) is 24.8 Å². The highest BCUT2D eigenvalue weighted by molar-refractivity contribution is 6.33. The summed E-state index contributed by atoms with van der Waals surface area (Å²) in [5.41, 5.74) is 0.458. The van der Waals surface area contributed by atoms with Gasteiger partial charge in [0.15, 0.2) is 0 Å². The summed E-state index contributed by atoms with van der Waals surface area (Å²) in [5, 5.41) is 3.36. The molecule has 1 aliphatic rings. The third-order valence-corrected chi connectivity index (χ3v) is 3.89. The predicted octanol–water partition coefficient (Wildman–Crippen LogP) is 3.44. The molecule has 0 aliphatic heterocycles. The molecule has 1 aromatic rings. The highest BCUT2D eigenvalue weighted by Gasteiger charge is 2.14. The van der Waals surface area contributed by atoms with Crippen LogP contribution in [0.3, 0.4) is 0 Å². The molecule has 0 atom stereocenters. The van der Waals surface area contributed by atoms with Gasteiger partial charge in [-0.2, -0.15) is 0 Å². The van der Waals surface area contributed by atoms with Crippen LogP contribution in [0.2, 0.25) is 5.02 Å². The van der Waals surface area contributed by atoms with E-state index in [9.17, 15) is 4.79 Å². The number of carbonyl (C=O) groups is 1. The number of pyridine rings is 1. The molecule has 1 aromatic heterocycles. The fourth-order valence-corrected chi connectivity index (χ4v) is 2.72. The third-order valence-electron chi connectivity index (χ3n) is 3.56. The maximum absolute atomic E-state index is 11.8. The van der Waals surface area contributed by atoms with Gasteiger partial charge in [-0.25, -0.2) is 0 Å². The maximum atomic E-state index is 11.8. The highest BCUT2D eigenvalue weighted by atomic mass is 35.5. The normalized spacial score (nSPS) is 15.8. The second-order valence-electron chi connectivity index (χ2n) is 4.90. The molecule has 1 fully saturated rings. The number of halogens is 1. The van der Waals surface area contributed by atoms with Crippen LogP contribution in [-0.4, -0.2) is 17.4 Å². The van der Waals surface area contributed by atoms with Gasteiger partial charge in [0.1, 0.15) is 0 Å². The summed E-state index contributed by atoms with van der Waals surface area (Å²) in [4.78, 5) is 15.7. The summed E-state index contributed by atoms with van der Waals surface area (Å²) in [6.45, 7) is 0.723. The molecule has 1 aliphatic carbocycles. The van der Waals surface area contributed by atoms with Gasteiger partial charge in [0, 0.05) is 18.9 Å². The first-order valence-electron chi connectivity index (χ1n) is 6.65. The molecule has 0 spiro atoms. The Kier molecular flexibility index (Phi) is 5.00. The van der Waals surface area contributed by atoms with Gasteiger partial charge in [0.25, 0.3) is 5.91 Å². The predicted molar refractivity (Wildman–Crippen MR) is 72.8 cm³/mol. The van der Waals surface area contributed by atoms with E-state index in [0.717, 1.165) is 18.9 Å². The van der Waals surface area contributed by atoms with E-state index in [1.54, 1.807) is 12.3 Å². The van der Waals surface area contributed by atoms with Crippen molar-refractivity contribution in [3.05, 3.63) is 29.0 Å². The van der Waals surface area contributed by atoms with Crippen LogP contribution in [0.4, 0.5) is 0 Å². The van der Waals surface area contributed by atoms with E-state index in [1.807, 2.05) is 0 Å². The zero-order valence-electron chi connectivity index (χ0n) is 10.5. The third kappa shape index (κ3) is 3.70. The van der Waals surface area contributed by atoms with E-state index < -0.39 is 0 Å². The van der Waals surface area contributed by atoms with Gasteiger partial charge in [-0.1, -0.05) is 37.3 Å². The van der Waals surface area contributed by atoms with Gasteiger partial charge < -0.3 is 5.32 Å². The fourth-order valence-electron chi connectivity index (χ4n) is 2.53. The number of hydrogen-bond donors (Lipinski definition) is 1. The van der Waals surface area contributed by atoms with E-state index in [4.69, 9.17) is 11.6 Å². The molecule has 0 aromatic carbocycles. The van der Waals surface area contributed by atoms with Gasteiger partial charge in [-0.3, -0.25) is 9.78 Å². The van der Waals surface area contributed by atoms with E-state index in [2.05, 4.69) is 10.3 Å². The van der Waals surface area contributed by atoms with E-state index in [0.29, 0.717) is 10.6 Å². The molecule has 98 valence electrons. The minimum absolute atomic E-state index is 0.125. The number of hydrogen-bond acceptors (Lipinski definition) is 2. The molecular weight excluding hydrogens is 248 g/mol. The van der Waals surface area contributed by atoms with Crippen molar-refractivity contribution in [1.82, 2.24) is 10.3 Å². The lowest BCUT2D eigenvalue weighted by Gasteiger charge is -2.09. The lowest BCUT2D eigenvalue weighted by Crippen LogP contribution is -2.25. The van der Waals surface area contributed by atoms with Crippen LogP contribution in [0.5, 0.6) is 0 Å². The van der Waals surface area contributed by atoms with Gasteiger partial charge in [0.2, 0.25) is 0 Å². The monoisotopic (exact) mass is 266 g/mol. The molecule has 0 radical (unpaired) electrons. The first-order valence-corrected chi connectivity index (χ1v) is 7.03. The van der Waals surface area contributed by atoms with Crippen LogP contribution >= 0.6 is 11.6 Å². The van der Waals surface area contributed by atoms with Crippen LogP contribution in [0, 0.1) is 5.92 Å². The highest BCUT2D eigenvalue weighted by Crippen LogP contribution is 2.28. The fraction of sp³-hybridized carbons (Fsp3) is 0.571. The van der Waals surface area contributed by atoms with E-state index in [-0.39, 0.29) is 5.91 Å². The number of nitrogens with one attached hydrogen (secondary N) is 1. The molecule has 3 nitrogen and oxygen atoms in total. The van der Waals surface area contributed by atoms with Crippen LogP contribution in [-0.2, 0) is 0 Å². The molecule has 1 heterocycles. The van der Waals surface area contributed by atoms with Crippen LogP contribution in [0.1, 0.15) is 48.9 Å². The molecule has 1 amide bonds.